The van der Waals surface area contributed by atoms with E-state index in [9.17, 15) is 9.59 Å². The third kappa shape index (κ3) is 5.16. The number of amides is 3. The molecule has 0 bridgehead atoms. The minimum Gasteiger partial charge on any atom is -0.497 e. The summed E-state index contributed by atoms with van der Waals surface area (Å²) in [6.45, 7) is 5.14. The number of nitrogens with one attached hydrogen (secondary N) is 2. The van der Waals surface area contributed by atoms with Crippen LogP contribution in [0.25, 0.3) is 0 Å². The van der Waals surface area contributed by atoms with Gasteiger partial charge in [-0.05, 0) is 56.3 Å². The fourth-order valence-corrected chi connectivity index (χ4v) is 2.82. The molecule has 7 heteroatoms. The molecule has 150 valence electrons. The lowest BCUT2D eigenvalue weighted by Gasteiger charge is -2.23. The summed E-state index contributed by atoms with van der Waals surface area (Å²) in [4.78, 5) is 28.8. The minimum absolute atomic E-state index is 0.0621. The number of anilines is 3. The molecule has 0 aliphatic carbocycles. The quantitative estimate of drug-likeness (QED) is 0.760. The van der Waals surface area contributed by atoms with Crippen LogP contribution in [0.4, 0.5) is 21.9 Å². The zero-order valence-electron chi connectivity index (χ0n) is 17.1. The Balaban J connectivity index is 2.19. The maximum atomic E-state index is 12.9. The second kappa shape index (κ2) is 9.64. The molecule has 28 heavy (non-hydrogen) atoms. The number of carbonyl (C=O) groups excluding carboxylic acids is 2. The molecule has 7 nitrogen and oxygen atoms in total. The van der Waals surface area contributed by atoms with Crippen molar-refractivity contribution < 1.29 is 14.3 Å². The largest absolute Gasteiger partial charge is 0.497 e. The molecule has 0 aromatic heterocycles. The highest BCUT2D eigenvalue weighted by Gasteiger charge is 2.19. The summed E-state index contributed by atoms with van der Waals surface area (Å²) >= 11 is 0. The number of benzene rings is 2. The van der Waals surface area contributed by atoms with Gasteiger partial charge in [0.2, 0.25) is 0 Å². The van der Waals surface area contributed by atoms with Gasteiger partial charge in [0.25, 0.3) is 5.91 Å². The van der Waals surface area contributed by atoms with Crippen LogP contribution in [0.5, 0.6) is 5.75 Å². The molecule has 0 saturated carbocycles. The molecule has 0 atom stereocenters. The lowest BCUT2D eigenvalue weighted by Crippen LogP contribution is -2.32. The van der Waals surface area contributed by atoms with Crippen molar-refractivity contribution in [3.63, 3.8) is 0 Å². The summed E-state index contributed by atoms with van der Waals surface area (Å²) in [5, 5.41) is 5.55. The van der Waals surface area contributed by atoms with E-state index in [0.29, 0.717) is 35.8 Å². The molecule has 0 aliphatic rings. The average Bonchev–Trinajstić information content (AvgIpc) is 2.69. The maximum Gasteiger partial charge on any atom is 0.323 e. The molecule has 0 heterocycles. The van der Waals surface area contributed by atoms with Gasteiger partial charge in [0, 0.05) is 44.2 Å². The van der Waals surface area contributed by atoms with Crippen LogP contribution in [0.15, 0.2) is 42.5 Å². The molecule has 0 unspecified atom stereocenters. The van der Waals surface area contributed by atoms with E-state index in [1.54, 1.807) is 48.4 Å². The topological polar surface area (TPSA) is 73.9 Å². The Bertz CT molecular complexity index is 815. The van der Waals surface area contributed by atoms with Crippen molar-refractivity contribution in [3.05, 3.63) is 48.0 Å². The molecule has 2 aromatic rings. The molecule has 0 radical (unpaired) electrons. The van der Waals surface area contributed by atoms with Crippen LogP contribution in [0.3, 0.4) is 0 Å². The van der Waals surface area contributed by atoms with Crippen LogP contribution in [-0.4, -0.2) is 51.1 Å². The summed E-state index contributed by atoms with van der Waals surface area (Å²) in [7, 11) is 5.36. The molecule has 0 aliphatic heterocycles. The Hall–Kier alpha value is -3.22. The van der Waals surface area contributed by atoms with Gasteiger partial charge in [-0.15, -0.1) is 0 Å². The number of rotatable bonds is 7. The monoisotopic (exact) mass is 384 g/mol. The normalized spacial score (nSPS) is 10.2. The SMILES string of the molecule is CCN(CC)C(=O)c1cc(NC(=O)Nc2ccc(OC)cc2)ccc1N(C)C. The van der Waals surface area contributed by atoms with Gasteiger partial charge in [-0.25, -0.2) is 4.79 Å². The Morgan fingerprint density at radius 3 is 2.04 bits per heavy atom. The number of hydrogen-bond acceptors (Lipinski definition) is 4. The van der Waals surface area contributed by atoms with Crippen LogP contribution >= 0.6 is 0 Å². The predicted molar refractivity (Wildman–Crippen MR) is 114 cm³/mol. The van der Waals surface area contributed by atoms with Gasteiger partial charge in [-0.2, -0.15) is 0 Å². The summed E-state index contributed by atoms with van der Waals surface area (Å²) in [5.74, 6) is 0.651. The molecule has 2 rings (SSSR count). The smallest absolute Gasteiger partial charge is 0.323 e. The molecular formula is C21H28N4O3. The number of hydrogen-bond donors (Lipinski definition) is 2. The van der Waals surface area contributed by atoms with Crippen molar-refractivity contribution in [2.75, 3.05) is 49.8 Å². The van der Waals surface area contributed by atoms with Crippen molar-refractivity contribution >= 4 is 29.0 Å². The van der Waals surface area contributed by atoms with Crippen LogP contribution in [0, 0.1) is 0 Å². The van der Waals surface area contributed by atoms with E-state index in [0.717, 1.165) is 5.69 Å². The van der Waals surface area contributed by atoms with Gasteiger partial charge in [0.15, 0.2) is 0 Å². The first-order valence-electron chi connectivity index (χ1n) is 9.22. The zero-order valence-corrected chi connectivity index (χ0v) is 17.1. The van der Waals surface area contributed by atoms with Gasteiger partial charge < -0.3 is 25.2 Å². The zero-order chi connectivity index (χ0) is 20.7. The lowest BCUT2D eigenvalue weighted by atomic mass is 10.1. The number of carbonyl (C=O) groups is 2. The lowest BCUT2D eigenvalue weighted by molar-refractivity contribution is 0.0773. The first-order chi connectivity index (χ1) is 13.4. The van der Waals surface area contributed by atoms with Crippen LogP contribution < -0.4 is 20.3 Å². The van der Waals surface area contributed by atoms with Gasteiger partial charge in [-0.1, -0.05) is 0 Å². The fraction of sp³-hybridized carbons (Fsp3) is 0.333. The molecule has 2 aromatic carbocycles. The molecule has 0 saturated heterocycles. The average molecular weight is 384 g/mol. The Labute approximate surface area is 166 Å². The van der Waals surface area contributed by atoms with E-state index in [1.807, 2.05) is 38.9 Å². The summed E-state index contributed by atoms with van der Waals surface area (Å²) < 4.78 is 5.11. The second-order valence-corrected chi connectivity index (χ2v) is 6.41. The number of methoxy groups -OCH3 is 1. The van der Waals surface area contributed by atoms with Crippen molar-refractivity contribution in [2.45, 2.75) is 13.8 Å². The summed E-state index contributed by atoms with van der Waals surface area (Å²) in [5.41, 5.74) is 2.55. The van der Waals surface area contributed by atoms with Gasteiger partial charge >= 0.3 is 6.03 Å². The van der Waals surface area contributed by atoms with Gasteiger partial charge in [-0.3, -0.25) is 4.79 Å². The van der Waals surface area contributed by atoms with E-state index in [-0.39, 0.29) is 11.9 Å². The van der Waals surface area contributed by atoms with E-state index >= 15 is 0 Å². The Morgan fingerprint density at radius 2 is 1.50 bits per heavy atom. The highest BCUT2D eigenvalue weighted by molar-refractivity contribution is 6.04. The molecule has 3 amide bonds. The van der Waals surface area contributed by atoms with Crippen molar-refractivity contribution in [3.8, 4) is 5.75 Å². The maximum absolute atomic E-state index is 12.9. The second-order valence-electron chi connectivity index (χ2n) is 6.41. The first-order valence-corrected chi connectivity index (χ1v) is 9.22. The molecule has 0 fully saturated rings. The molecule has 0 spiro atoms. The predicted octanol–water partition coefficient (Wildman–Crippen LogP) is 3.89. The van der Waals surface area contributed by atoms with Crippen molar-refractivity contribution in [1.82, 2.24) is 4.90 Å². The Kier molecular flexibility index (Phi) is 7.26. The fourth-order valence-electron chi connectivity index (χ4n) is 2.82. The standard InChI is InChI=1S/C21H28N4O3/c1-6-25(7-2)20(26)18-14-16(10-13-19(18)24(3)4)23-21(27)22-15-8-11-17(28-5)12-9-15/h8-14H,6-7H2,1-5H3,(H2,22,23,27). The van der Waals surface area contributed by atoms with Crippen LogP contribution in [0.2, 0.25) is 0 Å². The number of urea groups is 1. The van der Waals surface area contributed by atoms with Crippen LogP contribution in [0.1, 0.15) is 24.2 Å². The summed E-state index contributed by atoms with van der Waals surface area (Å²) in [6.07, 6.45) is 0. The Morgan fingerprint density at radius 1 is 0.929 bits per heavy atom. The van der Waals surface area contributed by atoms with E-state index < -0.39 is 0 Å². The van der Waals surface area contributed by atoms with Crippen molar-refractivity contribution in [2.24, 2.45) is 0 Å². The van der Waals surface area contributed by atoms with Gasteiger partial charge in [0.1, 0.15) is 5.75 Å². The van der Waals surface area contributed by atoms with E-state index in [2.05, 4.69) is 10.6 Å². The highest BCUT2D eigenvalue weighted by atomic mass is 16.5. The third-order valence-electron chi connectivity index (χ3n) is 4.37. The summed E-state index contributed by atoms with van der Waals surface area (Å²) in [6, 6.07) is 12.0. The van der Waals surface area contributed by atoms with Gasteiger partial charge in [0.05, 0.1) is 12.7 Å². The molecule has 2 N–H and O–H groups in total. The minimum atomic E-state index is -0.385. The first kappa shape index (κ1) is 21.1. The number of ether oxygens (including phenoxy) is 1. The highest BCUT2D eigenvalue weighted by Crippen LogP contribution is 2.25. The van der Waals surface area contributed by atoms with E-state index in [4.69, 9.17) is 4.74 Å². The number of nitrogens with zero attached hydrogens (tertiary/aromatic N) is 2. The van der Waals surface area contributed by atoms with Crippen molar-refractivity contribution in [1.29, 1.82) is 0 Å². The third-order valence-corrected chi connectivity index (χ3v) is 4.37. The molecular weight excluding hydrogens is 356 g/mol. The van der Waals surface area contributed by atoms with Crippen LogP contribution in [-0.2, 0) is 0 Å². The van der Waals surface area contributed by atoms with E-state index in [1.165, 1.54) is 0 Å².